The van der Waals surface area contributed by atoms with Gasteiger partial charge in [0.2, 0.25) is 0 Å². The normalized spacial score (nSPS) is 13.4. The topological polar surface area (TPSA) is 64.4 Å². The van der Waals surface area contributed by atoms with E-state index in [1.807, 2.05) is 13.8 Å². The van der Waals surface area contributed by atoms with Crippen molar-refractivity contribution in [2.45, 2.75) is 32.9 Å². The molecule has 0 spiro atoms. The molecule has 0 bridgehead atoms. The molecular weight excluding hydrogens is 138 g/mol. The molecule has 0 aliphatic heterocycles. The van der Waals surface area contributed by atoms with Gasteiger partial charge in [0.15, 0.2) is 0 Å². The molecule has 0 radical (unpaired) electrons. The summed E-state index contributed by atoms with van der Waals surface area (Å²) in [5, 5.41) is 0. The zero-order chi connectivity index (χ0) is 9.07. The Morgan fingerprint density at radius 2 is 1.91 bits per heavy atom. The average molecular weight is 155 g/mol. The Hall–Kier alpha value is -0.670. The maximum absolute atomic E-state index is 5.58. The maximum atomic E-state index is 5.58. The van der Waals surface area contributed by atoms with Crippen molar-refractivity contribution in [3.63, 3.8) is 0 Å². The summed E-state index contributed by atoms with van der Waals surface area (Å²) in [5.74, 6) is 0. The summed E-state index contributed by atoms with van der Waals surface area (Å²) in [4.78, 5) is 4.12. The van der Waals surface area contributed by atoms with Crippen molar-refractivity contribution >= 4 is 5.71 Å². The molecule has 11 heavy (non-hydrogen) atoms. The first-order valence-corrected chi connectivity index (χ1v) is 3.59. The highest BCUT2D eigenvalue weighted by Gasteiger charge is 2.11. The fourth-order valence-electron chi connectivity index (χ4n) is 0.917. The molecule has 0 amide bonds. The van der Waals surface area contributed by atoms with Gasteiger partial charge in [-0.3, -0.25) is 4.99 Å². The molecule has 4 N–H and O–H groups in total. The predicted molar refractivity (Wildman–Crippen MR) is 49.3 cm³/mol. The molecule has 0 fully saturated rings. The zero-order valence-electron chi connectivity index (χ0n) is 7.52. The Morgan fingerprint density at radius 1 is 1.45 bits per heavy atom. The summed E-state index contributed by atoms with van der Waals surface area (Å²) in [6, 6.07) is 0. The molecule has 0 aromatic heterocycles. The van der Waals surface area contributed by atoms with Gasteiger partial charge in [0, 0.05) is 17.8 Å². The minimum Gasteiger partial charge on any atom is -0.313 e. The fraction of sp³-hybridized carbons (Fsp3) is 0.625. The van der Waals surface area contributed by atoms with E-state index in [-0.39, 0.29) is 0 Å². The van der Waals surface area contributed by atoms with E-state index < -0.39 is 5.66 Å². The molecule has 64 valence electrons. The van der Waals surface area contributed by atoms with Gasteiger partial charge in [0.05, 0.1) is 5.66 Å². The van der Waals surface area contributed by atoms with Crippen LogP contribution in [0.25, 0.3) is 0 Å². The van der Waals surface area contributed by atoms with Crippen LogP contribution in [0.2, 0.25) is 0 Å². The maximum Gasteiger partial charge on any atom is 0.0660 e. The van der Waals surface area contributed by atoms with E-state index in [0.717, 1.165) is 11.4 Å². The van der Waals surface area contributed by atoms with Crippen LogP contribution in [0.4, 0.5) is 0 Å². The lowest BCUT2D eigenvalue weighted by atomic mass is 10.1. The number of allylic oxidation sites excluding steroid dienone is 1. The lowest BCUT2D eigenvalue weighted by molar-refractivity contribution is 0.510. The molecule has 0 saturated heterocycles. The molecular formula is C8H17N3. The van der Waals surface area contributed by atoms with E-state index in [4.69, 9.17) is 11.5 Å². The predicted octanol–water partition coefficient (Wildman–Crippen LogP) is 1.00. The summed E-state index contributed by atoms with van der Waals surface area (Å²) in [6.45, 7) is 9.16. The van der Waals surface area contributed by atoms with E-state index in [0.29, 0.717) is 6.42 Å². The molecule has 3 nitrogen and oxygen atoms in total. The molecule has 0 aromatic rings. The lowest BCUT2D eigenvalue weighted by Gasteiger charge is -2.17. The summed E-state index contributed by atoms with van der Waals surface area (Å²) < 4.78 is 0. The first kappa shape index (κ1) is 10.3. The molecule has 0 saturated carbocycles. The van der Waals surface area contributed by atoms with Crippen molar-refractivity contribution < 1.29 is 0 Å². The van der Waals surface area contributed by atoms with Crippen molar-refractivity contribution in [1.82, 2.24) is 0 Å². The van der Waals surface area contributed by atoms with Gasteiger partial charge in [-0.2, -0.15) is 0 Å². The van der Waals surface area contributed by atoms with E-state index in [1.165, 1.54) is 0 Å². The van der Waals surface area contributed by atoms with E-state index in [2.05, 4.69) is 11.6 Å². The van der Waals surface area contributed by atoms with Gasteiger partial charge < -0.3 is 11.5 Å². The van der Waals surface area contributed by atoms with Crippen LogP contribution < -0.4 is 11.5 Å². The van der Waals surface area contributed by atoms with E-state index >= 15 is 0 Å². The summed E-state index contributed by atoms with van der Waals surface area (Å²) in [5.41, 5.74) is 12.2. The van der Waals surface area contributed by atoms with Crippen LogP contribution in [0.5, 0.6) is 0 Å². The number of nitrogens with zero attached hydrogens (tertiary/aromatic N) is 1. The highest BCUT2D eigenvalue weighted by atomic mass is 14.9. The number of nitrogens with two attached hydrogens (primary N) is 2. The Balaban J connectivity index is 4.07. The summed E-state index contributed by atoms with van der Waals surface area (Å²) in [6.07, 6.45) is 0.597. The van der Waals surface area contributed by atoms with Crippen LogP contribution in [0.3, 0.4) is 0 Å². The first-order valence-electron chi connectivity index (χ1n) is 3.59. The van der Waals surface area contributed by atoms with Gasteiger partial charge in [-0.1, -0.05) is 6.58 Å². The molecule has 0 atom stereocenters. The van der Waals surface area contributed by atoms with Gasteiger partial charge in [-0.15, -0.1) is 0 Å². The van der Waals surface area contributed by atoms with Crippen LogP contribution in [0.1, 0.15) is 27.2 Å². The van der Waals surface area contributed by atoms with Gasteiger partial charge in [-0.25, -0.2) is 0 Å². The Labute approximate surface area is 68.2 Å². The average Bonchev–Trinajstić information content (AvgIpc) is 1.53. The SMILES string of the molecule is C=C(C)N=C(C)CC(C)(N)N. The van der Waals surface area contributed by atoms with Crippen molar-refractivity contribution in [2.75, 3.05) is 0 Å². The minimum absolute atomic E-state index is 0.597. The van der Waals surface area contributed by atoms with Crippen molar-refractivity contribution in [3.05, 3.63) is 12.3 Å². The third-order valence-corrected chi connectivity index (χ3v) is 1.02. The van der Waals surface area contributed by atoms with Crippen LogP contribution in [-0.4, -0.2) is 11.4 Å². The molecule has 0 aromatic carbocycles. The Kier molecular flexibility index (Phi) is 3.42. The molecule has 0 heterocycles. The second kappa shape index (κ2) is 3.64. The second-order valence-electron chi connectivity index (χ2n) is 3.26. The van der Waals surface area contributed by atoms with Gasteiger partial charge in [0.1, 0.15) is 0 Å². The van der Waals surface area contributed by atoms with Crippen LogP contribution >= 0.6 is 0 Å². The second-order valence-corrected chi connectivity index (χ2v) is 3.26. The number of hydrogen-bond acceptors (Lipinski definition) is 3. The van der Waals surface area contributed by atoms with Crippen LogP contribution in [0, 0.1) is 0 Å². The quantitative estimate of drug-likeness (QED) is 0.472. The monoisotopic (exact) mass is 155 g/mol. The molecule has 3 heteroatoms. The Bertz CT molecular complexity index is 174. The van der Waals surface area contributed by atoms with Crippen molar-refractivity contribution in [2.24, 2.45) is 16.5 Å². The summed E-state index contributed by atoms with van der Waals surface area (Å²) in [7, 11) is 0. The Morgan fingerprint density at radius 3 is 2.18 bits per heavy atom. The number of rotatable bonds is 3. The first-order chi connectivity index (χ1) is 4.81. The zero-order valence-corrected chi connectivity index (χ0v) is 7.52. The highest BCUT2D eigenvalue weighted by Crippen LogP contribution is 2.01. The molecule has 0 aliphatic rings. The molecule has 0 rings (SSSR count). The van der Waals surface area contributed by atoms with Crippen molar-refractivity contribution in [1.29, 1.82) is 0 Å². The number of aliphatic imine (C=N–C) groups is 1. The number of hydrogen-bond donors (Lipinski definition) is 2. The van der Waals surface area contributed by atoms with E-state index in [1.54, 1.807) is 6.92 Å². The lowest BCUT2D eigenvalue weighted by Crippen LogP contribution is -2.47. The highest BCUT2D eigenvalue weighted by molar-refractivity contribution is 5.83. The molecule has 0 unspecified atom stereocenters. The standard InChI is InChI=1S/C8H17N3/c1-6(2)11-7(3)5-8(4,9)10/h1,5,9-10H2,2-4H3. The van der Waals surface area contributed by atoms with Gasteiger partial charge in [-0.05, 0) is 20.8 Å². The third-order valence-electron chi connectivity index (χ3n) is 1.02. The molecule has 0 aliphatic carbocycles. The minimum atomic E-state index is -0.664. The third kappa shape index (κ3) is 7.22. The largest absolute Gasteiger partial charge is 0.313 e. The van der Waals surface area contributed by atoms with Crippen LogP contribution in [0.15, 0.2) is 17.3 Å². The fourth-order valence-corrected chi connectivity index (χ4v) is 0.917. The van der Waals surface area contributed by atoms with Gasteiger partial charge >= 0.3 is 0 Å². The van der Waals surface area contributed by atoms with Crippen LogP contribution in [-0.2, 0) is 0 Å². The smallest absolute Gasteiger partial charge is 0.0660 e. The summed E-state index contributed by atoms with van der Waals surface area (Å²) >= 11 is 0. The van der Waals surface area contributed by atoms with Crippen molar-refractivity contribution in [3.8, 4) is 0 Å². The van der Waals surface area contributed by atoms with E-state index in [9.17, 15) is 0 Å². The van der Waals surface area contributed by atoms with Gasteiger partial charge in [0.25, 0.3) is 0 Å².